The molecule has 0 atom stereocenters. The van der Waals surface area contributed by atoms with Crippen molar-refractivity contribution < 1.29 is 4.74 Å². The van der Waals surface area contributed by atoms with Crippen molar-refractivity contribution in [2.45, 2.75) is 6.42 Å². The summed E-state index contributed by atoms with van der Waals surface area (Å²) in [6.07, 6.45) is 0.934. The molecular weight excluding hydrogens is 224 g/mol. The number of methoxy groups -OCH3 is 1. The van der Waals surface area contributed by atoms with E-state index < -0.39 is 0 Å². The standard InChI is InChI=1S/C10H12N4OS/c1-15-9-4-2-8(3-5-9)6-7-11-10-12-13-14-16-10/h2-5H,6-7H2,1H3,(H,11,12,14). The molecule has 0 unspecified atom stereocenters. The van der Waals surface area contributed by atoms with E-state index in [1.807, 2.05) is 12.1 Å². The fraction of sp³-hybridized carbons (Fsp3) is 0.300. The summed E-state index contributed by atoms with van der Waals surface area (Å²) in [7, 11) is 1.67. The molecule has 16 heavy (non-hydrogen) atoms. The largest absolute Gasteiger partial charge is 0.497 e. The molecule has 0 aliphatic carbocycles. The smallest absolute Gasteiger partial charge is 0.225 e. The molecule has 0 bridgehead atoms. The minimum atomic E-state index is 0.758. The van der Waals surface area contributed by atoms with Gasteiger partial charge in [0.25, 0.3) is 0 Å². The predicted molar refractivity (Wildman–Crippen MR) is 62.9 cm³/mol. The van der Waals surface area contributed by atoms with Gasteiger partial charge in [0.2, 0.25) is 5.13 Å². The number of ether oxygens (including phenoxy) is 1. The summed E-state index contributed by atoms with van der Waals surface area (Å²) >= 11 is 1.26. The number of nitrogens with one attached hydrogen (secondary N) is 1. The maximum Gasteiger partial charge on any atom is 0.225 e. The van der Waals surface area contributed by atoms with Crippen molar-refractivity contribution >= 4 is 16.7 Å². The van der Waals surface area contributed by atoms with Crippen molar-refractivity contribution in [1.29, 1.82) is 0 Å². The Hall–Kier alpha value is -1.69. The number of hydrogen-bond donors (Lipinski definition) is 1. The SMILES string of the molecule is COc1ccc(CCNc2nnns2)cc1. The molecule has 0 aliphatic heterocycles. The van der Waals surface area contributed by atoms with Crippen LogP contribution in [0.2, 0.25) is 0 Å². The highest BCUT2D eigenvalue weighted by Crippen LogP contribution is 2.12. The van der Waals surface area contributed by atoms with Crippen molar-refractivity contribution in [3.8, 4) is 5.75 Å². The van der Waals surface area contributed by atoms with E-state index in [4.69, 9.17) is 4.74 Å². The van der Waals surface area contributed by atoms with Crippen LogP contribution >= 0.6 is 11.5 Å². The highest BCUT2D eigenvalue weighted by Gasteiger charge is 1.97. The van der Waals surface area contributed by atoms with Gasteiger partial charge in [-0.1, -0.05) is 21.7 Å². The van der Waals surface area contributed by atoms with Crippen molar-refractivity contribution in [2.24, 2.45) is 0 Å². The Bertz CT molecular complexity index is 415. The van der Waals surface area contributed by atoms with Gasteiger partial charge in [0.15, 0.2) is 0 Å². The maximum atomic E-state index is 5.09. The molecule has 1 N–H and O–H groups in total. The van der Waals surface area contributed by atoms with Crippen LogP contribution in [0.25, 0.3) is 0 Å². The lowest BCUT2D eigenvalue weighted by atomic mass is 10.1. The molecule has 0 saturated carbocycles. The van der Waals surface area contributed by atoms with Gasteiger partial charge in [-0.3, -0.25) is 0 Å². The molecule has 0 radical (unpaired) electrons. The van der Waals surface area contributed by atoms with E-state index >= 15 is 0 Å². The van der Waals surface area contributed by atoms with Crippen LogP contribution in [0.5, 0.6) is 5.75 Å². The Labute approximate surface area is 97.6 Å². The number of hydrogen-bond acceptors (Lipinski definition) is 6. The minimum Gasteiger partial charge on any atom is -0.497 e. The summed E-state index contributed by atoms with van der Waals surface area (Å²) in [6, 6.07) is 8.03. The minimum absolute atomic E-state index is 0.758. The topological polar surface area (TPSA) is 59.9 Å². The summed E-state index contributed by atoms with van der Waals surface area (Å²) < 4.78 is 8.76. The van der Waals surface area contributed by atoms with E-state index in [0.717, 1.165) is 23.8 Å². The molecule has 0 saturated heterocycles. The number of anilines is 1. The predicted octanol–water partition coefficient (Wildman–Crippen LogP) is 1.60. The van der Waals surface area contributed by atoms with E-state index in [2.05, 4.69) is 32.2 Å². The second-order valence-corrected chi connectivity index (χ2v) is 3.92. The first-order chi connectivity index (χ1) is 7.88. The Balaban J connectivity index is 1.81. The molecule has 0 fully saturated rings. The van der Waals surface area contributed by atoms with Crippen molar-refractivity contribution in [3.05, 3.63) is 29.8 Å². The molecule has 2 aromatic rings. The van der Waals surface area contributed by atoms with Crippen LogP contribution in [0.3, 0.4) is 0 Å². The first-order valence-corrected chi connectivity index (χ1v) is 5.67. The van der Waals surface area contributed by atoms with Crippen molar-refractivity contribution in [3.63, 3.8) is 0 Å². The number of rotatable bonds is 5. The highest BCUT2D eigenvalue weighted by molar-refractivity contribution is 7.09. The van der Waals surface area contributed by atoms with Gasteiger partial charge in [0.05, 0.1) is 7.11 Å². The lowest BCUT2D eigenvalue weighted by Crippen LogP contribution is -2.04. The van der Waals surface area contributed by atoms with E-state index in [1.165, 1.54) is 17.1 Å². The summed E-state index contributed by atoms with van der Waals surface area (Å²) in [5, 5.41) is 11.2. The Morgan fingerprint density at radius 1 is 1.31 bits per heavy atom. The molecule has 5 nitrogen and oxygen atoms in total. The quantitative estimate of drug-likeness (QED) is 0.854. The second kappa shape index (κ2) is 5.41. The monoisotopic (exact) mass is 236 g/mol. The summed E-state index contributed by atoms with van der Waals surface area (Å²) in [5.41, 5.74) is 1.26. The molecule has 0 amide bonds. The number of nitrogens with zero attached hydrogens (tertiary/aromatic N) is 3. The van der Waals surface area contributed by atoms with Gasteiger partial charge in [-0.15, -0.1) is 0 Å². The van der Waals surface area contributed by atoms with Gasteiger partial charge < -0.3 is 10.1 Å². The van der Waals surface area contributed by atoms with Crippen molar-refractivity contribution in [1.82, 2.24) is 14.8 Å². The zero-order chi connectivity index (χ0) is 11.2. The summed E-state index contributed by atoms with van der Waals surface area (Å²) in [6.45, 7) is 0.823. The molecule has 1 heterocycles. The summed E-state index contributed by atoms with van der Waals surface area (Å²) in [5.74, 6) is 0.880. The van der Waals surface area contributed by atoms with Crippen LogP contribution in [0.15, 0.2) is 24.3 Å². The van der Waals surface area contributed by atoms with Gasteiger partial charge in [0.1, 0.15) is 5.75 Å². The molecule has 2 rings (SSSR count). The zero-order valence-corrected chi connectivity index (χ0v) is 9.70. The van der Waals surface area contributed by atoms with E-state index in [9.17, 15) is 0 Å². The lowest BCUT2D eigenvalue weighted by molar-refractivity contribution is 0.414. The normalized spacial score (nSPS) is 10.1. The Kier molecular flexibility index (Phi) is 3.66. The van der Waals surface area contributed by atoms with E-state index in [-0.39, 0.29) is 0 Å². The fourth-order valence-corrected chi connectivity index (χ4v) is 1.70. The van der Waals surface area contributed by atoms with Crippen LogP contribution in [0, 0.1) is 0 Å². The zero-order valence-electron chi connectivity index (χ0n) is 8.88. The van der Waals surface area contributed by atoms with Crippen LogP contribution in [0.1, 0.15) is 5.56 Å². The van der Waals surface area contributed by atoms with Gasteiger partial charge >= 0.3 is 0 Å². The van der Waals surface area contributed by atoms with Crippen molar-refractivity contribution in [2.75, 3.05) is 19.0 Å². The molecule has 84 valence electrons. The molecule has 1 aromatic carbocycles. The molecule has 1 aromatic heterocycles. The van der Waals surface area contributed by atoms with E-state index in [0.29, 0.717) is 0 Å². The van der Waals surface area contributed by atoms with Crippen LogP contribution in [-0.2, 0) is 6.42 Å². The first kappa shape index (κ1) is 10.8. The Morgan fingerprint density at radius 3 is 2.75 bits per heavy atom. The van der Waals surface area contributed by atoms with Gasteiger partial charge in [-0.25, -0.2) is 0 Å². The molecule has 6 heteroatoms. The van der Waals surface area contributed by atoms with Gasteiger partial charge in [-0.2, -0.15) is 0 Å². The number of benzene rings is 1. The highest BCUT2D eigenvalue weighted by atomic mass is 32.1. The van der Waals surface area contributed by atoms with Gasteiger partial charge in [0, 0.05) is 18.1 Å². The average Bonchev–Trinajstić information content (AvgIpc) is 2.83. The van der Waals surface area contributed by atoms with Crippen LogP contribution < -0.4 is 10.1 Å². The molecule has 0 spiro atoms. The molecular formula is C10H12N4OS. The Morgan fingerprint density at radius 2 is 2.12 bits per heavy atom. The third-order valence-corrected chi connectivity index (χ3v) is 2.70. The van der Waals surface area contributed by atoms with Crippen LogP contribution in [-0.4, -0.2) is 28.5 Å². The van der Waals surface area contributed by atoms with Gasteiger partial charge in [-0.05, 0) is 29.3 Å². The first-order valence-electron chi connectivity index (χ1n) is 4.90. The lowest BCUT2D eigenvalue weighted by Gasteiger charge is -2.03. The third kappa shape index (κ3) is 2.90. The summed E-state index contributed by atoms with van der Waals surface area (Å²) in [4.78, 5) is 0. The van der Waals surface area contributed by atoms with Crippen LogP contribution in [0.4, 0.5) is 5.13 Å². The molecule has 0 aliphatic rings. The van der Waals surface area contributed by atoms with E-state index in [1.54, 1.807) is 7.11 Å². The fourth-order valence-electron chi connectivity index (χ4n) is 1.31. The average molecular weight is 236 g/mol. The maximum absolute atomic E-state index is 5.09. The third-order valence-electron chi connectivity index (χ3n) is 2.15. The number of aromatic nitrogens is 3. The second-order valence-electron chi connectivity index (χ2n) is 3.19.